The zero-order chi connectivity index (χ0) is 21.2. The van der Waals surface area contributed by atoms with Crippen LogP contribution in [0.15, 0.2) is 29.2 Å². The molecule has 8 nitrogen and oxygen atoms in total. The summed E-state index contributed by atoms with van der Waals surface area (Å²) in [4.78, 5) is 27.8. The molecule has 0 aliphatic rings. The molecule has 2 rings (SSSR count). The lowest BCUT2D eigenvalue weighted by molar-refractivity contribution is 0.0594. The van der Waals surface area contributed by atoms with Crippen molar-refractivity contribution in [1.82, 2.24) is 9.29 Å². The van der Waals surface area contributed by atoms with Crippen molar-refractivity contribution in [3.8, 4) is 5.75 Å². The second-order valence-corrected chi connectivity index (χ2v) is 8.35. The van der Waals surface area contributed by atoms with Gasteiger partial charge in [0.15, 0.2) is 5.78 Å². The van der Waals surface area contributed by atoms with E-state index in [4.69, 9.17) is 9.47 Å². The molecule has 2 aromatic rings. The van der Waals surface area contributed by atoms with E-state index in [9.17, 15) is 18.0 Å². The van der Waals surface area contributed by atoms with Gasteiger partial charge in [0.05, 0.1) is 25.2 Å². The zero-order valence-corrected chi connectivity index (χ0v) is 17.5. The third-order valence-electron chi connectivity index (χ3n) is 4.73. The molecule has 0 bridgehead atoms. The number of sulfonamides is 1. The van der Waals surface area contributed by atoms with Crippen LogP contribution in [0.5, 0.6) is 5.75 Å². The summed E-state index contributed by atoms with van der Waals surface area (Å²) in [6, 6.07) is 4.94. The van der Waals surface area contributed by atoms with Crippen molar-refractivity contribution in [3.05, 3.63) is 46.8 Å². The summed E-state index contributed by atoms with van der Waals surface area (Å²) in [6.45, 7) is 4.78. The van der Waals surface area contributed by atoms with Crippen LogP contribution in [0.2, 0.25) is 0 Å². The second-order valence-electron chi connectivity index (χ2n) is 6.35. The van der Waals surface area contributed by atoms with Gasteiger partial charge < -0.3 is 14.5 Å². The first-order chi connectivity index (χ1) is 13.1. The molecule has 0 unspecified atom stereocenters. The van der Waals surface area contributed by atoms with Crippen molar-refractivity contribution in [2.75, 3.05) is 21.3 Å². The van der Waals surface area contributed by atoms with Crippen LogP contribution in [-0.2, 0) is 14.8 Å². The molecule has 0 saturated heterocycles. The first-order valence-corrected chi connectivity index (χ1v) is 9.94. The van der Waals surface area contributed by atoms with Gasteiger partial charge in [0, 0.05) is 18.3 Å². The number of H-pyrrole nitrogens is 1. The number of carbonyl (C=O) groups excluding carboxylic acids is 2. The maximum absolute atomic E-state index is 13.0. The van der Waals surface area contributed by atoms with Crippen molar-refractivity contribution in [2.24, 2.45) is 0 Å². The number of ether oxygens (including phenoxy) is 2. The predicted octanol–water partition coefficient (Wildman–Crippen LogP) is 2.32. The summed E-state index contributed by atoms with van der Waals surface area (Å²) in [5.74, 6) is -0.479. The number of ketones is 1. The number of benzene rings is 1. The van der Waals surface area contributed by atoms with Gasteiger partial charge in [0.25, 0.3) is 0 Å². The summed E-state index contributed by atoms with van der Waals surface area (Å²) in [6.07, 6.45) is 0. The third kappa shape index (κ3) is 3.81. The highest BCUT2D eigenvalue weighted by molar-refractivity contribution is 7.89. The Morgan fingerprint density at radius 2 is 1.68 bits per heavy atom. The van der Waals surface area contributed by atoms with Gasteiger partial charge in [-0.1, -0.05) is 0 Å². The summed E-state index contributed by atoms with van der Waals surface area (Å²) >= 11 is 0. The fourth-order valence-electron chi connectivity index (χ4n) is 2.92. The number of methoxy groups -OCH3 is 2. The molecule has 152 valence electrons. The minimum absolute atomic E-state index is 0.0493. The number of carbonyl (C=O) groups is 2. The smallest absolute Gasteiger partial charge is 0.354 e. The van der Waals surface area contributed by atoms with Crippen molar-refractivity contribution >= 4 is 21.8 Å². The normalized spacial score (nSPS) is 12.7. The standard InChI is InChI=1S/C19H24N2O6S/c1-11-16(12(2)20-17(11)19(23)27-6)18(22)13(3)21(4)28(24,25)15-9-7-14(26-5)8-10-15/h7-10,13,20H,1-6H3/t13-/m1/s1. The average molecular weight is 408 g/mol. The van der Waals surface area contributed by atoms with Crippen LogP contribution in [0.4, 0.5) is 0 Å². The van der Waals surface area contributed by atoms with E-state index in [-0.39, 0.29) is 16.2 Å². The first-order valence-electron chi connectivity index (χ1n) is 8.50. The highest BCUT2D eigenvalue weighted by atomic mass is 32.2. The predicted molar refractivity (Wildman–Crippen MR) is 103 cm³/mol. The number of aromatic nitrogens is 1. The van der Waals surface area contributed by atoms with E-state index in [1.165, 1.54) is 52.5 Å². The number of hydrogen-bond donors (Lipinski definition) is 1. The minimum Gasteiger partial charge on any atom is -0.497 e. The molecule has 1 atom stereocenters. The second kappa shape index (κ2) is 8.15. The van der Waals surface area contributed by atoms with E-state index in [0.29, 0.717) is 17.0 Å². The number of aromatic amines is 1. The maximum atomic E-state index is 13.0. The number of nitrogens with zero attached hydrogens (tertiary/aromatic N) is 1. The molecule has 1 aromatic heterocycles. The first kappa shape index (κ1) is 21.6. The Labute approximate surface area is 164 Å². The number of hydrogen-bond acceptors (Lipinski definition) is 6. The summed E-state index contributed by atoms with van der Waals surface area (Å²) < 4.78 is 36.5. The summed E-state index contributed by atoms with van der Waals surface area (Å²) in [5.41, 5.74) is 1.36. The van der Waals surface area contributed by atoms with Gasteiger partial charge in [-0.3, -0.25) is 4.79 Å². The molecule has 0 fully saturated rings. The number of aryl methyl sites for hydroxylation is 1. The molecule has 9 heteroatoms. The van der Waals surface area contributed by atoms with Crippen LogP contribution in [0.25, 0.3) is 0 Å². The van der Waals surface area contributed by atoms with Gasteiger partial charge in [0.1, 0.15) is 11.4 Å². The quantitative estimate of drug-likeness (QED) is 0.557. The largest absolute Gasteiger partial charge is 0.497 e. The highest BCUT2D eigenvalue weighted by Gasteiger charge is 2.33. The molecule has 1 aromatic carbocycles. The van der Waals surface area contributed by atoms with E-state index >= 15 is 0 Å². The Bertz CT molecular complexity index is 992. The lowest BCUT2D eigenvalue weighted by Crippen LogP contribution is -2.40. The topological polar surface area (TPSA) is 106 Å². The van der Waals surface area contributed by atoms with Crippen molar-refractivity contribution in [2.45, 2.75) is 31.7 Å². The summed E-state index contributed by atoms with van der Waals surface area (Å²) in [5, 5.41) is 0. The van der Waals surface area contributed by atoms with Gasteiger partial charge in [-0.05, 0) is 50.6 Å². The molecular formula is C19H24N2O6S. The number of likely N-dealkylation sites (N-methyl/N-ethyl adjacent to an activating group) is 1. The molecule has 0 radical (unpaired) electrons. The third-order valence-corrected chi connectivity index (χ3v) is 6.68. The van der Waals surface area contributed by atoms with Crippen molar-refractivity contribution < 1.29 is 27.5 Å². The van der Waals surface area contributed by atoms with Crippen LogP contribution in [0.3, 0.4) is 0 Å². The molecule has 1 heterocycles. The number of nitrogens with one attached hydrogen (secondary N) is 1. The molecule has 0 amide bonds. The number of rotatable bonds is 7. The summed E-state index contributed by atoms with van der Waals surface area (Å²) in [7, 11) is 0.181. The maximum Gasteiger partial charge on any atom is 0.354 e. The Hall–Kier alpha value is -2.65. The number of esters is 1. The molecular weight excluding hydrogens is 384 g/mol. The van der Waals surface area contributed by atoms with E-state index in [0.717, 1.165) is 4.31 Å². The Morgan fingerprint density at radius 3 is 2.18 bits per heavy atom. The average Bonchev–Trinajstić information content (AvgIpc) is 2.99. The van der Waals surface area contributed by atoms with E-state index in [1.54, 1.807) is 13.8 Å². The van der Waals surface area contributed by atoms with Gasteiger partial charge in [-0.15, -0.1) is 0 Å². The van der Waals surface area contributed by atoms with Crippen LogP contribution in [0.1, 0.15) is 39.0 Å². The fraction of sp³-hybridized carbons (Fsp3) is 0.368. The van der Waals surface area contributed by atoms with Crippen LogP contribution >= 0.6 is 0 Å². The SMILES string of the molecule is COC(=O)c1[nH]c(C)c(C(=O)[C@@H](C)N(C)S(=O)(=O)c2ccc(OC)cc2)c1C. The van der Waals surface area contributed by atoms with Crippen molar-refractivity contribution in [1.29, 1.82) is 0 Å². The van der Waals surface area contributed by atoms with Crippen LogP contribution in [0, 0.1) is 13.8 Å². The lowest BCUT2D eigenvalue weighted by atomic mass is 10.0. The Kier molecular flexibility index (Phi) is 6.30. The fourth-order valence-corrected chi connectivity index (χ4v) is 4.25. The molecule has 0 aliphatic heterocycles. The Morgan fingerprint density at radius 1 is 1.11 bits per heavy atom. The van der Waals surface area contributed by atoms with E-state index in [1.807, 2.05) is 0 Å². The monoisotopic (exact) mass is 408 g/mol. The lowest BCUT2D eigenvalue weighted by Gasteiger charge is -2.23. The number of Topliss-reactive ketones (excluding diaryl/α,β-unsaturated/α-hetero) is 1. The van der Waals surface area contributed by atoms with Gasteiger partial charge >= 0.3 is 5.97 Å². The molecule has 28 heavy (non-hydrogen) atoms. The Balaban J connectivity index is 2.36. The van der Waals surface area contributed by atoms with Gasteiger partial charge in [-0.25, -0.2) is 13.2 Å². The van der Waals surface area contributed by atoms with E-state index < -0.39 is 27.8 Å². The van der Waals surface area contributed by atoms with E-state index in [2.05, 4.69) is 4.98 Å². The van der Waals surface area contributed by atoms with Crippen LogP contribution < -0.4 is 4.74 Å². The molecule has 0 saturated carbocycles. The minimum atomic E-state index is -3.90. The molecule has 1 N–H and O–H groups in total. The van der Waals surface area contributed by atoms with Crippen LogP contribution in [-0.4, -0.2) is 56.8 Å². The molecule has 0 spiro atoms. The molecule has 0 aliphatic carbocycles. The van der Waals surface area contributed by atoms with Gasteiger partial charge in [0.2, 0.25) is 10.0 Å². The van der Waals surface area contributed by atoms with Gasteiger partial charge in [-0.2, -0.15) is 4.31 Å². The highest BCUT2D eigenvalue weighted by Crippen LogP contribution is 2.25. The zero-order valence-electron chi connectivity index (χ0n) is 16.7. The van der Waals surface area contributed by atoms with Crippen molar-refractivity contribution in [3.63, 3.8) is 0 Å².